The van der Waals surface area contributed by atoms with Crippen molar-refractivity contribution in [3.05, 3.63) is 124 Å². The molecule has 0 saturated heterocycles. The molecule has 9 nitrogen and oxygen atoms in total. The number of hydrogen-bond acceptors (Lipinski definition) is 6. The molecule has 11 heteroatoms. The lowest BCUT2D eigenvalue weighted by Gasteiger charge is -2.25. The average molecular weight is 664 g/mol. The highest BCUT2D eigenvalue weighted by Crippen LogP contribution is 2.42. The van der Waals surface area contributed by atoms with Gasteiger partial charge in [-0.25, -0.2) is 14.4 Å². The van der Waals surface area contributed by atoms with Gasteiger partial charge in [0.15, 0.2) is 0 Å². The van der Waals surface area contributed by atoms with Gasteiger partial charge in [-0.1, -0.05) is 41.5 Å². The molecule has 3 heterocycles. The highest BCUT2D eigenvalue weighted by Gasteiger charge is 2.27. The second-order valence-electron chi connectivity index (χ2n) is 12.2. The number of nitrogens with zero attached hydrogens (tertiary/aromatic N) is 4. The van der Waals surface area contributed by atoms with Crippen molar-refractivity contribution >= 4 is 51.8 Å². The van der Waals surface area contributed by atoms with Crippen molar-refractivity contribution < 1.29 is 13.9 Å². The standard InChI is InChI=1S/C37H35ClFN7O2/c1-40-35(48-22-26-8-10-27(38)19-30(26)39)5-3-2-4-23-14-16-46(17-15-23)21-34-42-32-13-11-28(20-33(32)43-34)41-37(47)25-9-12-31-29(18-25)36(45-44-31)24-6-7-24/h2-3,5,8-14,18-20,24H,1,4,6-7,15-17,21-22H2,(H,41,47)(H,42,43)(H,44,45)/b3-2-,35-5+. The number of halogens is 2. The molecule has 1 saturated carbocycles. The number of allylic oxidation sites excluding steroid dienone is 3. The number of carbonyl (C=O) groups excluding carboxylic acids is 1. The number of aromatic nitrogens is 4. The van der Waals surface area contributed by atoms with Crippen LogP contribution in [-0.2, 0) is 17.9 Å². The predicted molar refractivity (Wildman–Crippen MR) is 188 cm³/mol. The highest BCUT2D eigenvalue weighted by molar-refractivity contribution is 6.30. The fraction of sp³-hybridized carbons (Fsp3) is 0.243. The summed E-state index contributed by atoms with van der Waals surface area (Å²) in [6, 6.07) is 15.9. The van der Waals surface area contributed by atoms with E-state index in [-0.39, 0.29) is 12.5 Å². The molecule has 5 aromatic rings. The highest BCUT2D eigenvalue weighted by atomic mass is 35.5. The van der Waals surface area contributed by atoms with E-state index in [2.05, 4.69) is 49.3 Å². The lowest BCUT2D eigenvalue weighted by molar-refractivity contribution is 0.102. The van der Waals surface area contributed by atoms with Crippen LogP contribution in [0, 0.1) is 5.82 Å². The smallest absolute Gasteiger partial charge is 0.255 e. The molecule has 2 aromatic heterocycles. The summed E-state index contributed by atoms with van der Waals surface area (Å²) in [6.07, 6.45) is 12.0. The number of benzene rings is 3. The Balaban J connectivity index is 0.902. The van der Waals surface area contributed by atoms with Crippen molar-refractivity contribution in [2.45, 2.75) is 44.8 Å². The second-order valence-corrected chi connectivity index (χ2v) is 12.6. The maximum Gasteiger partial charge on any atom is 0.255 e. The summed E-state index contributed by atoms with van der Waals surface area (Å²) >= 11 is 5.81. The molecule has 2 aliphatic rings. The minimum absolute atomic E-state index is 0.0385. The van der Waals surface area contributed by atoms with Crippen molar-refractivity contribution in [1.82, 2.24) is 25.1 Å². The molecule has 1 aliphatic heterocycles. The van der Waals surface area contributed by atoms with Crippen molar-refractivity contribution in [1.29, 1.82) is 0 Å². The van der Waals surface area contributed by atoms with E-state index >= 15 is 0 Å². The number of rotatable bonds is 12. The summed E-state index contributed by atoms with van der Waals surface area (Å²) in [6.45, 7) is 6.03. The van der Waals surface area contributed by atoms with Gasteiger partial charge in [0.05, 0.1) is 23.1 Å². The van der Waals surface area contributed by atoms with Crippen LogP contribution in [0.15, 0.2) is 95.3 Å². The van der Waals surface area contributed by atoms with E-state index in [1.807, 2.05) is 42.5 Å². The summed E-state index contributed by atoms with van der Waals surface area (Å²) in [4.78, 5) is 27.6. The first-order valence-electron chi connectivity index (χ1n) is 16.0. The van der Waals surface area contributed by atoms with Crippen molar-refractivity contribution in [2.75, 3.05) is 18.4 Å². The van der Waals surface area contributed by atoms with Crippen molar-refractivity contribution in [2.24, 2.45) is 4.99 Å². The Labute approximate surface area is 282 Å². The van der Waals surface area contributed by atoms with Gasteiger partial charge in [-0.05, 0) is 87.0 Å². The minimum Gasteiger partial charge on any atom is -0.473 e. The Morgan fingerprint density at radius 3 is 2.83 bits per heavy atom. The number of hydrogen-bond donors (Lipinski definition) is 3. The van der Waals surface area contributed by atoms with Crippen LogP contribution in [-0.4, -0.2) is 50.8 Å². The van der Waals surface area contributed by atoms with E-state index in [1.54, 1.807) is 18.2 Å². The topological polar surface area (TPSA) is 111 Å². The van der Waals surface area contributed by atoms with Gasteiger partial charge in [-0.15, -0.1) is 0 Å². The number of nitrogens with one attached hydrogen (secondary N) is 3. The van der Waals surface area contributed by atoms with E-state index in [4.69, 9.17) is 21.3 Å². The van der Waals surface area contributed by atoms with Crippen LogP contribution in [0.5, 0.6) is 0 Å². The zero-order valence-electron chi connectivity index (χ0n) is 26.3. The molecule has 1 aliphatic carbocycles. The molecule has 244 valence electrons. The quantitative estimate of drug-likeness (QED) is 0.0539. The van der Waals surface area contributed by atoms with Crippen LogP contribution < -0.4 is 5.32 Å². The summed E-state index contributed by atoms with van der Waals surface area (Å²) in [5.41, 5.74) is 6.83. The second kappa shape index (κ2) is 14.0. The zero-order valence-corrected chi connectivity index (χ0v) is 27.1. The average Bonchev–Trinajstić information content (AvgIpc) is 3.72. The van der Waals surface area contributed by atoms with Gasteiger partial charge in [0.25, 0.3) is 5.91 Å². The first-order valence-corrected chi connectivity index (χ1v) is 16.4. The number of amides is 1. The zero-order chi connectivity index (χ0) is 33.0. The Morgan fingerprint density at radius 2 is 2.04 bits per heavy atom. The molecule has 1 fully saturated rings. The van der Waals surface area contributed by atoms with Gasteiger partial charge < -0.3 is 15.0 Å². The van der Waals surface area contributed by atoms with Crippen LogP contribution >= 0.6 is 11.6 Å². The Bertz CT molecular complexity index is 2090. The molecule has 1 amide bonds. The summed E-state index contributed by atoms with van der Waals surface area (Å²) in [5, 5.41) is 11.9. The predicted octanol–water partition coefficient (Wildman–Crippen LogP) is 8.20. The van der Waals surface area contributed by atoms with Crippen LogP contribution in [0.1, 0.15) is 59.0 Å². The van der Waals surface area contributed by atoms with Crippen molar-refractivity contribution in [3.63, 3.8) is 0 Å². The molecule has 0 bridgehead atoms. The number of H-pyrrole nitrogens is 2. The van der Waals surface area contributed by atoms with E-state index in [1.165, 1.54) is 11.6 Å². The first-order chi connectivity index (χ1) is 23.4. The molecule has 0 radical (unpaired) electrons. The molecule has 3 aromatic carbocycles. The van der Waals surface area contributed by atoms with Crippen LogP contribution in [0.4, 0.5) is 10.1 Å². The van der Waals surface area contributed by atoms with Gasteiger partial charge >= 0.3 is 0 Å². The number of ether oxygens (including phenoxy) is 1. The fourth-order valence-electron chi connectivity index (χ4n) is 5.87. The maximum absolute atomic E-state index is 14.0. The van der Waals surface area contributed by atoms with E-state index < -0.39 is 5.82 Å². The van der Waals surface area contributed by atoms with Gasteiger partial charge in [0.2, 0.25) is 5.88 Å². The number of anilines is 1. The van der Waals surface area contributed by atoms with Crippen molar-refractivity contribution in [3.8, 4) is 0 Å². The number of carbonyl (C=O) groups is 1. The molecular weight excluding hydrogens is 629 g/mol. The molecule has 0 spiro atoms. The third-order valence-corrected chi connectivity index (χ3v) is 8.92. The SMILES string of the molecule is C=N/C(=C\C=C/CC1=CCN(Cc2nc3ccc(NC(=O)c4ccc5n[nH]c(C6CC6)c5c4)cc3[nH]2)CC1)OCc1ccc(Cl)cc1F. The van der Waals surface area contributed by atoms with Gasteiger partial charge in [0, 0.05) is 51.9 Å². The lowest BCUT2D eigenvalue weighted by Crippen LogP contribution is -2.28. The van der Waals surface area contributed by atoms with E-state index in [0.29, 0.717) is 40.2 Å². The van der Waals surface area contributed by atoms with Crippen LogP contribution in [0.25, 0.3) is 21.9 Å². The molecular formula is C37H35ClFN7O2. The number of aromatic amines is 2. The Morgan fingerprint density at radius 1 is 1.17 bits per heavy atom. The minimum atomic E-state index is -0.419. The van der Waals surface area contributed by atoms with Gasteiger partial charge in [-0.3, -0.25) is 14.8 Å². The third-order valence-electron chi connectivity index (χ3n) is 8.68. The summed E-state index contributed by atoms with van der Waals surface area (Å²) in [7, 11) is 0. The molecule has 7 rings (SSSR count). The van der Waals surface area contributed by atoms with Gasteiger partial charge in [0.1, 0.15) is 18.2 Å². The van der Waals surface area contributed by atoms with Crippen LogP contribution in [0.2, 0.25) is 5.02 Å². The number of fused-ring (bicyclic) bond motifs is 2. The first kappa shape index (κ1) is 31.5. The largest absolute Gasteiger partial charge is 0.473 e. The third kappa shape index (κ3) is 7.40. The fourth-order valence-corrected chi connectivity index (χ4v) is 6.03. The maximum atomic E-state index is 14.0. The monoisotopic (exact) mass is 663 g/mol. The number of aliphatic imine (C=N–C) groups is 1. The molecule has 48 heavy (non-hydrogen) atoms. The van der Waals surface area contributed by atoms with E-state index in [9.17, 15) is 9.18 Å². The summed E-state index contributed by atoms with van der Waals surface area (Å²) < 4.78 is 19.6. The Hall–Kier alpha value is -5.06. The summed E-state index contributed by atoms with van der Waals surface area (Å²) in [5.74, 6) is 1.15. The molecule has 0 atom stereocenters. The van der Waals surface area contributed by atoms with Gasteiger partial charge in [-0.2, -0.15) is 5.10 Å². The normalized spacial score (nSPS) is 15.7. The lowest BCUT2D eigenvalue weighted by atomic mass is 10.0. The molecule has 3 N–H and O–H groups in total. The number of imidazole rings is 1. The molecule has 0 unspecified atom stereocenters. The van der Waals surface area contributed by atoms with Crippen LogP contribution in [0.3, 0.4) is 0 Å². The van der Waals surface area contributed by atoms with E-state index in [0.717, 1.165) is 72.2 Å². The Kier molecular flexibility index (Phi) is 9.18.